The van der Waals surface area contributed by atoms with Gasteiger partial charge in [0.25, 0.3) is 0 Å². The summed E-state index contributed by atoms with van der Waals surface area (Å²) in [4.78, 5) is 2.27. The van der Waals surface area contributed by atoms with E-state index >= 15 is 0 Å². The number of nitrogens with zero attached hydrogens (tertiary/aromatic N) is 1. The van der Waals surface area contributed by atoms with Crippen molar-refractivity contribution in [3.63, 3.8) is 0 Å². The second-order valence-corrected chi connectivity index (χ2v) is 7.64. The Balaban J connectivity index is 1.38. The minimum absolute atomic E-state index is 0.300. The number of aliphatic hydroxyl groups is 2. The lowest BCUT2D eigenvalue weighted by atomic mass is 9.81. The molecule has 4 rings (SSSR count). The van der Waals surface area contributed by atoms with Crippen LogP contribution in [0.3, 0.4) is 0 Å². The summed E-state index contributed by atoms with van der Waals surface area (Å²) in [5, 5.41) is 21.1. The number of aliphatic hydroxyl groups excluding tert-OH is 2. The van der Waals surface area contributed by atoms with Gasteiger partial charge in [0.15, 0.2) is 0 Å². The lowest BCUT2D eigenvalue weighted by Gasteiger charge is -2.46. The zero-order chi connectivity index (χ0) is 18.9. The molecule has 2 aromatic carbocycles. The standard InChI is InChI=1S/C22H27NO4/c1-26-17-6-4-5-16(13-17)20(25)15-23-11-9-22(10-12-23)14-19(24)18-7-2-3-8-21(18)27-22/h2-8,13,19-20,24-25H,9-12,14-15H2,1H3/t19-,20-/m1/s1. The van der Waals surface area contributed by atoms with Gasteiger partial charge in [-0.2, -0.15) is 0 Å². The molecule has 0 aliphatic carbocycles. The van der Waals surface area contributed by atoms with Crippen LogP contribution in [0.2, 0.25) is 0 Å². The highest BCUT2D eigenvalue weighted by Gasteiger charge is 2.42. The second kappa shape index (κ2) is 7.50. The molecule has 1 spiro atoms. The summed E-state index contributed by atoms with van der Waals surface area (Å²) in [7, 11) is 1.63. The van der Waals surface area contributed by atoms with Gasteiger partial charge in [0.05, 0.1) is 19.3 Å². The minimum Gasteiger partial charge on any atom is -0.497 e. The van der Waals surface area contributed by atoms with E-state index in [-0.39, 0.29) is 5.60 Å². The molecule has 2 aliphatic rings. The topological polar surface area (TPSA) is 62.2 Å². The number of rotatable bonds is 4. The second-order valence-electron chi connectivity index (χ2n) is 7.64. The van der Waals surface area contributed by atoms with E-state index in [1.54, 1.807) is 7.11 Å². The molecule has 27 heavy (non-hydrogen) atoms. The number of β-amino-alcohol motifs (C(OH)–C–C–N with tert-alkyl or cyclic N) is 1. The van der Waals surface area contributed by atoms with Gasteiger partial charge in [-0.3, -0.25) is 0 Å². The van der Waals surface area contributed by atoms with Crippen LogP contribution in [-0.2, 0) is 0 Å². The van der Waals surface area contributed by atoms with Crippen molar-refractivity contribution in [1.29, 1.82) is 0 Å². The zero-order valence-corrected chi connectivity index (χ0v) is 15.7. The highest BCUT2D eigenvalue weighted by Crippen LogP contribution is 2.44. The maximum atomic E-state index is 10.6. The molecular formula is C22H27NO4. The van der Waals surface area contributed by atoms with Crippen molar-refractivity contribution >= 4 is 0 Å². The Labute approximate surface area is 160 Å². The third-order valence-corrected chi connectivity index (χ3v) is 5.85. The lowest BCUT2D eigenvalue weighted by Crippen LogP contribution is -2.51. The van der Waals surface area contributed by atoms with E-state index < -0.39 is 12.2 Å². The van der Waals surface area contributed by atoms with E-state index in [9.17, 15) is 10.2 Å². The first-order valence-corrected chi connectivity index (χ1v) is 9.59. The molecule has 1 saturated heterocycles. The van der Waals surface area contributed by atoms with Gasteiger partial charge in [-0.1, -0.05) is 30.3 Å². The Morgan fingerprint density at radius 2 is 1.96 bits per heavy atom. The number of hydrogen-bond acceptors (Lipinski definition) is 5. The van der Waals surface area contributed by atoms with E-state index in [2.05, 4.69) is 4.90 Å². The summed E-state index contributed by atoms with van der Waals surface area (Å²) < 4.78 is 11.6. The molecule has 0 saturated carbocycles. The van der Waals surface area contributed by atoms with Crippen molar-refractivity contribution in [2.24, 2.45) is 0 Å². The van der Waals surface area contributed by atoms with Crippen LogP contribution in [0.4, 0.5) is 0 Å². The molecule has 0 unspecified atom stereocenters. The van der Waals surface area contributed by atoms with Crippen LogP contribution < -0.4 is 9.47 Å². The highest BCUT2D eigenvalue weighted by atomic mass is 16.5. The van der Waals surface area contributed by atoms with Crippen molar-refractivity contribution in [3.05, 3.63) is 59.7 Å². The van der Waals surface area contributed by atoms with Gasteiger partial charge in [-0.15, -0.1) is 0 Å². The Bertz CT molecular complexity index is 785. The summed E-state index contributed by atoms with van der Waals surface area (Å²) in [5.41, 5.74) is 1.46. The number of hydrogen-bond donors (Lipinski definition) is 2. The smallest absolute Gasteiger partial charge is 0.125 e. The van der Waals surface area contributed by atoms with Crippen LogP contribution >= 0.6 is 0 Å². The number of methoxy groups -OCH3 is 1. The average Bonchev–Trinajstić information content (AvgIpc) is 2.70. The molecule has 2 aromatic rings. The third kappa shape index (κ3) is 3.81. The third-order valence-electron chi connectivity index (χ3n) is 5.85. The molecule has 0 radical (unpaired) electrons. The van der Waals surface area contributed by atoms with E-state index in [0.717, 1.165) is 48.6 Å². The molecule has 5 nitrogen and oxygen atoms in total. The summed E-state index contributed by atoms with van der Waals surface area (Å²) >= 11 is 0. The van der Waals surface area contributed by atoms with Gasteiger partial charge >= 0.3 is 0 Å². The molecule has 1 fully saturated rings. The fraction of sp³-hybridized carbons (Fsp3) is 0.455. The molecular weight excluding hydrogens is 342 g/mol. The normalized spacial score (nSPS) is 22.7. The monoisotopic (exact) mass is 369 g/mol. The quantitative estimate of drug-likeness (QED) is 0.867. The Hall–Kier alpha value is -2.08. The summed E-state index contributed by atoms with van der Waals surface area (Å²) in [6.07, 6.45) is 1.32. The lowest BCUT2D eigenvalue weighted by molar-refractivity contribution is -0.0587. The molecule has 5 heteroatoms. The number of ether oxygens (including phenoxy) is 2. The number of para-hydroxylation sites is 1. The van der Waals surface area contributed by atoms with Crippen LogP contribution in [0.5, 0.6) is 11.5 Å². The van der Waals surface area contributed by atoms with Gasteiger partial charge < -0.3 is 24.6 Å². The van der Waals surface area contributed by atoms with Crippen LogP contribution in [0, 0.1) is 0 Å². The first-order valence-electron chi connectivity index (χ1n) is 9.59. The van der Waals surface area contributed by atoms with Gasteiger partial charge in [0.2, 0.25) is 0 Å². The van der Waals surface area contributed by atoms with Crippen molar-refractivity contribution in [1.82, 2.24) is 4.90 Å². The van der Waals surface area contributed by atoms with Crippen molar-refractivity contribution in [2.45, 2.75) is 37.1 Å². The fourth-order valence-corrected chi connectivity index (χ4v) is 4.23. The predicted molar refractivity (Wildman–Crippen MR) is 103 cm³/mol. The average molecular weight is 369 g/mol. The Kier molecular flexibility index (Phi) is 5.08. The highest BCUT2D eigenvalue weighted by molar-refractivity contribution is 5.38. The van der Waals surface area contributed by atoms with E-state index in [1.807, 2.05) is 48.5 Å². The van der Waals surface area contributed by atoms with Crippen LogP contribution in [0.15, 0.2) is 48.5 Å². The molecule has 0 bridgehead atoms. The van der Waals surface area contributed by atoms with Crippen molar-refractivity contribution in [3.8, 4) is 11.5 Å². The van der Waals surface area contributed by atoms with Gasteiger partial charge in [-0.25, -0.2) is 0 Å². The summed E-state index contributed by atoms with van der Waals surface area (Å²) in [5.74, 6) is 1.56. The maximum Gasteiger partial charge on any atom is 0.125 e. The molecule has 0 amide bonds. The number of piperidine rings is 1. The van der Waals surface area contributed by atoms with E-state index in [0.29, 0.717) is 13.0 Å². The first kappa shape index (κ1) is 18.3. The number of benzene rings is 2. The molecule has 2 atom stereocenters. The van der Waals surface area contributed by atoms with Gasteiger partial charge in [0, 0.05) is 31.6 Å². The molecule has 2 aliphatic heterocycles. The fourth-order valence-electron chi connectivity index (χ4n) is 4.23. The van der Waals surface area contributed by atoms with Crippen molar-refractivity contribution < 1.29 is 19.7 Å². The maximum absolute atomic E-state index is 10.6. The Morgan fingerprint density at radius 1 is 1.19 bits per heavy atom. The summed E-state index contributed by atoms with van der Waals surface area (Å²) in [6, 6.07) is 15.4. The van der Waals surface area contributed by atoms with Crippen molar-refractivity contribution in [2.75, 3.05) is 26.7 Å². The molecule has 144 valence electrons. The molecule has 2 N–H and O–H groups in total. The predicted octanol–water partition coefficient (Wildman–Crippen LogP) is 3.08. The molecule has 0 aromatic heterocycles. The minimum atomic E-state index is -0.548. The first-order chi connectivity index (χ1) is 13.1. The van der Waals surface area contributed by atoms with Gasteiger partial charge in [0.1, 0.15) is 17.1 Å². The van der Waals surface area contributed by atoms with Crippen LogP contribution in [-0.4, -0.2) is 47.5 Å². The van der Waals surface area contributed by atoms with Crippen LogP contribution in [0.1, 0.15) is 42.6 Å². The zero-order valence-electron chi connectivity index (χ0n) is 15.7. The number of fused-ring (bicyclic) bond motifs is 1. The van der Waals surface area contributed by atoms with Gasteiger partial charge in [-0.05, 0) is 36.6 Å². The number of likely N-dealkylation sites (tertiary alicyclic amines) is 1. The SMILES string of the molecule is COc1cccc([C@H](O)CN2CCC3(CC2)C[C@@H](O)c2ccccc2O3)c1. The largest absolute Gasteiger partial charge is 0.497 e. The summed E-state index contributed by atoms with van der Waals surface area (Å²) in [6.45, 7) is 2.27. The molecule has 2 heterocycles. The van der Waals surface area contributed by atoms with E-state index in [1.165, 1.54) is 0 Å². The van der Waals surface area contributed by atoms with E-state index in [4.69, 9.17) is 9.47 Å². The van der Waals surface area contributed by atoms with Crippen LogP contribution in [0.25, 0.3) is 0 Å². The Morgan fingerprint density at radius 3 is 2.74 bits per heavy atom.